The predicted octanol–water partition coefficient (Wildman–Crippen LogP) is 2.99. The highest BCUT2D eigenvalue weighted by molar-refractivity contribution is 6.42. The standard InChI is InChI=1S/C13H14Cl2FN3/c14-9-1-2-10(16)12(13(9)15)11(3-4-17)19-7-5-18-6-8-19/h1-2,11,18H,3,5-8H2/t11-/m1/s1. The van der Waals surface area contributed by atoms with Crippen molar-refractivity contribution in [3.8, 4) is 6.07 Å². The molecule has 1 atom stereocenters. The van der Waals surface area contributed by atoms with Crippen LogP contribution in [0.25, 0.3) is 0 Å². The smallest absolute Gasteiger partial charge is 0.129 e. The molecule has 0 saturated carbocycles. The maximum absolute atomic E-state index is 14.1. The van der Waals surface area contributed by atoms with Gasteiger partial charge in [-0.15, -0.1) is 0 Å². The van der Waals surface area contributed by atoms with Crippen molar-refractivity contribution in [1.82, 2.24) is 10.2 Å². The summed E-state index contributed by atoms with van der Waals surface area (Å²) in [5.74, 6) is -0.409. The molecule has 2 rings (SSSR count). The zero-order valence-corrected chi connectivity index (χ0v) is 11.8. The largest absolute Gasteiger partial charge is 0.314 e. The Labute approximate surface area is 121 Å². The molecule has 1 aromatic carbocycles. The Bertz CT molecular complexity index is 495. The molecule has 0 aliphatic carbocycles. The second-order valence-electron chi connectivity index (χ2n) is 4.42. The van der Waals surface area contributed by atoms with Gasteiger partial charge >= 0.3 is 0 Å². The average Bonchev–Trinajstić information content (AvgIpc) is 2.43. The van der Waals surface area contributed by atoms with Gasteiger partial charge in [0.05, 0.1) is 28.6 Å². The van der Waals surface area contributed by atoms with E-state index in [0.29, 0.717) is 10.6 Å². The minimum atomic E-state index is -0.409. The Hall–Kier alpha value is -0.860. The number of piperazine rings is 1. The van der Waals surface area contributed by atoms with Crippen molar-refractivity contribution in [2.75, 3.05) is 26.2 Å². The van der Waals surface area contributed by atoms with Crippen LogP contribution in [0.5, 0.6) is 0 Å². The quantitative estimate of drug-likeness (QED) is 0.872. The molecule has 102 valence electrons. The lowest BCUT2D eigenvalue weighted by Crippen LogP contribution is -2.45. The van der Waals surface area contributed by atoms with Crippen LogP contribution in [0.3, 0.4) is 0 Å². The zero-order chi connectivity index (χ0) is 13.8. The van der Waals surface area contributed by atoms with Crippen LogP contribution in [-0.4, -0.2) is 31.1 Å². The van der Waals surface area contributed by atoms with E-state index in [4.69, 9.17) is 28.5 Å². The number of hydrogen-bond donors (Lipinski definition) is 1. The van der Waals surface area contributed by atoms with E-state index in [-0.39, 0.29) is 17.5 Å². The van der Waals surface area contributed by atoms with Crippen LogP contribution in [-0.2, 0) is 0 Å². The molecule has 1 saturated heterocycles. The lowest BCUT2D eigenvalue weighted by molar-refractivity contribution is 0.172. The van der Waals surface area contributed by atoms with Crippen LogP contribution in [0.4, 0.5) is 4.39 Å². The van der Waals surface area contributed by atoms with Crippen molar-refractivity contribution in [3.05, 3.63) is 33.6 Å². The highest BCUT2D eigenvalue weighted by Gasteiger charge is 2.27. The Morgan fingerprint density at radius 2 is 2.05 bits per heavy atom. The maximum Gasteiger partial charge on any atom is 0.129 e. The number of benzene rings is 1. The maximum atomic E-state index is 14.1. The molecule has 6 heteroatoms. The lowest BCUT2D eigenvalue weighted by atomic mass is 10.0. The van der Waals surface area contributed by atoms with E-state index < -0.39 is 5.82 Å². The predicted molar refractivity (Wildman–Crippen MR) is 73.8 cm³/mol. The Kier molecular flexibility index (Phi) is 5.00. The second-order valence-corrected chi connectivity index (χ2v) is 5.21. The molecule has 0 amide bonds. The number of nitriles is 1. The molecule has 19 heavy (non-hydrogen) atoms. The highest BCUT2D eigenvalue weighted by Crippen LogP contribution is 2.36. The number of nitrogens with one attached hydrogen (secondary N) is 1. The SMILES string of the molecule is N#CC[C@H](c1c(F)ccc(Cl)c1Cl)N1CCNCC1. The van der Waals surface area contributed by atoms with Gasteiger partial charge in [0.25, 0.3) is 0 Å². The molecule has 1 aromatic rings. The van der Waals surface area contributed by atoms with Gasteiger partial charge in [0, 0.05) is 31.7 Å². The van der Waals surface area contributed by atoms with Crippen LogP contribution in [0.15, 0.2) is 12.1 Å². The summed E-state index contributed by atoms with van der Waals surface area (Å²) in [6.45, 7) is 3.16. The topological polar surface area (TPSA) is 39.1 Å². The first kappa shape index (κ1) is 14.5. The summed E-state index contributed by atoms with van der Waals surface area (Å²) in [6.07, 6.45) is 0.191. The second kappa shape index (κ2) is 6.53. The van der Waals surface area contributed by atoms with Crippen molar-refractivity contribution in [1.29, 1.82) is 5.26 Å². The molecule has 1 N–H and O–H groups in total. The van der Waals surface area contributed by atoms with E-state index in [1.165, 1.54) is 12.1 Å². The molecule has 0 radical (unpaired) electrons. The Balaban J connectivity index is 2.38. The first-order valence-electron chi connectivity index (χ1n) is 6.10. The van der Waals surface area contributed by atoms with E-state index in [1.54, 1.807) is 0 Å². The van der Waals surface area contributed by atoms with Crippen molar-refractivity contribution in [2.24, 2.45) is 0 Å². The van der Waals surface area contributed by atoms with Crippen LogP contribution in [0, 0.1) is 17.1 Å². The molecule has 0 bridgehead atoms. The lowest BCUT2D eigenvalue weighted by Gasteiger charge is -2.34. The van der Waals surface area contributed by atoms with Crippen molar-refractivity contribution in [3.63, 3.8) is 0 Å². The summed E-state index contributed by atoms with van der Waals surface area (Å²) in [5, 5.41) is 12.7. The molecule has 3 nitrogen and oxygen atoms in total. The minimum Gasteiger partial charge on any atom is -0.314 e. The monoisotopic (exact) mass is 301 g/mol. The third-order valence-corrected chi connectivity index (χ3v) is 4.11. The van der Waals surface area contributed by atoms with Gasteiger partial charge in [-0.3, -0.25) is 4.90 Å². The third kappa shape index (κ3) is 3.18. The zero-order valence-electron chi connectivity index (χ0n) is 10.3. The summed E-state index contributed by atoms with van der Waals surface area (Å²) in [7, 11) is 0. The van der Waals surface area contributed by atoms with E-state index in [0.717, 1.165) is 26.2 Å². The normalized spacial score (nSPS) is 18.0. The summed E-state index contributed by atoms with van der Waals surface area (Å²) >= 11 is 12.1. The molecule has 1 heterocycles. The summed E-state index contributed by atoms with van der Waals surface area (Å²) in [6, 6.07) is 4.49. The van der Waals surface area contributed by atoms with Gasteiger partial charge in [-0.25, -0.2) is 4.39 Å². The number of halogens is 3. The van der Waals surface area contributed by atoms with Gasteiger partial charge in [-0.2, -0.15) is 5.26 Å². The van der Waals surface area contributed by atoms with E-state index in [2.05, 4.69) is 16.3 Å². The Morgan fingerprint density at radius 1 is 1.37 bits per heavy atom. The van der Waals surface area contributed by atoms with E-state index in [1.807, 2.05) is 0 Å². The molecule has 1 fully saturated rings. The number of hydrogen-bond acceptors (Lipinski definition) is 3. The van der Waals surface area contributed by atoms with Crippen molar-refractivity contribution >= 4 is 23.2 Å². The molecule has 1 aliphatic rings. The third-order valence-electron chi connectivity index (χ3n) is 3.29. The molecular formula is C13H14Cl2FN3. The fourth-order valence-electron chi connectivity index (χ4n) is 2.34. The van der Waals surface area contributed by atoms with E-state index >= 15 is 0 Å². The Morgan fingerprint density at radius 3 is 2.68 bits per heavy atom. The highest BCUT2D eigenvalue weighted by atomic mass is 35.5. The van der Waals surface area contributed by atoms with Crippen molar-refractivity contribution in [2.45, 2.75) is 12.5 Å². The molecule has 0 aromatic heterocycles. The molecule has 1 aliphatic heterocycles. The van der Waals surface area contributed by atoms with Gasteiger partial charge in [0.2, 0.25) is 0 Å². The molecule has 0 spiro atoms. The van der Waals surface area contributed by atoms with E-state index in [9.17, 15) is 4.39 Å². The van der Waals surface area contributed by atoms with Gasteiger partial charge in [0.15, 0.2) is 0 Å². The van der Waals surface area contributed by atoms with Crippen LogP contribution < -0.4 is 5.32 Å². The summed E-state index contributed by atoms with van der Waals surface area (Å²) in [4.78, 5) is 2.07. The first-order chi connectivity index (χ1) is 9.15. The van der Waals surface area contributed by atoms with Gasteiger partial charge < -0.3 is 5.32 Å². The van der Waals surface area contributed by atoms with Crippen LogP contribution in [0.1, 0.15) is 18.0 Å². The van der Waals surface area contributed by atoms with Gasteiger partial charge in [-0.1, -0.05) is 23.2 Å². The van der Waals surface area contributed by atoms with Crippen molar-refractivity contribution < 1.29 is 4.39 Å². The number of nitrogens with zero attached hydrogens (tertiary/aromatic N) is 2. The van der Waals surface area contributed by atoms with Crippen LogP contribution in [0.2, 0.25) is 10.0 Å². The molecule has 0 unspecified atom stereocenters. The fraction of sp³-hybridized carbons (Fsp3) is 0.462. The van der Waals surface area contributed by atoms with Gasteiger partial charge in [-0.05, 0) is 12.1 Å². The van der Waals surface area contributed by atoms with Crippen LogP contribution >= 0.6 is 23.2 Å². The number of rotatable bonds is 3. The summed E-state index contributed by atoms with van der Waals surface area (Å²) < 4.78 is 14.1. The molecular weight excluding hydrogens is 288 g/mol. The fourth-order valence-corrected chi connectivity index (χ4v) is 2.79. The minimum absolute atomic E-state index is 0.191. The summed E-state index contributed by atoms with van der Waals surface area (Å²) in [5.41, 5.74) is 0.331. The first-order valence-corrected chi connectivity index (χ1v) is 6.86. The average molecular weight is 302 g/mol. The van der Waals surface area contributed by atoms with Gasteiger partial charge in [0.1, 0.15) is 5.82 Å².